The normalized spacial score (nSPS) is 12.6. The van der Waals surface area contributed by atoms with Crippen molar-refractivity contribution in [2.75, 3.05) is 13.2 Å². The van der Waals surface area contributed by atoms with Gasteiger partial charge in [0.1, 0.15) is 13.2 Å². The Morgan fingerprint density at radius 3 is 1.02 bits per heavy atom. The first kappa shape index (κ1) is 59.9. The molecule has 362 valence electrons. The van der Waals surface area contributed by atoms with E-state index in [4.69, 9.17) is 14.2 Å². The first-order valence-electron chi connectivity index (χ1n) is 26.4. The second-order valence-corrected chi connectivity index (χ2v) is 17.4. The van der Waals surface area contributed by atoms with E-state index in [0.717, 1.165) is 122 Å². The highest BCUT2D eigenvalue weighted by molar-refractivity contribution is 5.71. The van der Waals surface area contributed by atoms with Gasteiger partial charge in [0.2, 0.25) is 0 Å². The first-order chi connectivity index (χ1) is 31.0. The van der Waals surface area contributed by atoms with Gasteiger partial charge in [0.25, 0.3) is 0 Å². The van der Waals surface area contributed by atoms with Gasteiger partial charge in [0.15, 0.2) is 6.10 Å². The van der Waals surface area contributed by atoms with E-state index in [1.807, 2.05) is 0 Å². The second kappa shape index (κ2) is 51.5. The van der Waals surface area contributed by atoms with Crippen molar-refractivity contribution < 1.29 is 28.6 Å². The van der Waals surface area contributed by atoms with E-state index >= 15 is 0 Å². The van der Waals surface area contributed by atoms with Crippen LogP contribution in [0.1, 0.15) is 252 Å². The van der Waals surface area contributed by atoms with Crippen LogP contribution in [0.15, 0.2) is 72.9 Å². The molecule has 0 aromatic rings. The zero-order valence-electron chi connectivity index (χ0n) is 41.3. The Morgan fingerprint density at radius 1 is 0.333 bits per heavy atom. The maximum Gasteiger partial charge on any atom is 0.306 e. The minimum Gasteiger partial charge on any atom is -0.462 e. The first-order valence-corrected chi connectivity index (χ1v) is 26.4. The molecule has 0 heterocycles. The lowest BCUT2D eigenvalue weighted by Gasteiger charge is -2.18. The summed E-state index contributed by atoms with van der Waals surface area (Å²) in [7, 11) is 0. The predicted octanol–water partition coefficient (Wildman–Crippen LogP) is 17.4. The SMILES string of the molecule is CC/C=C\C/C=C\C/C=C\C/C=C\C/C=C\CCCCCCCC(=O)OCC(COC(=O)CCCCCCCCCCCCCC)OC(=O)CCCCCCC/C=C\CCCCC. The van der Waals surface area contributed by atoms with E-state index in [0.29, 0.717) is 19.3 Å². The Hall–Kier alpha value is -3.15. The molecule has 1 unspecified atom stereocenters. The molecule has 0 fully saturated rings. The van der Waals surface area contributed by atoms with E-state index in [2.05, 4.69) is 93.7 Å². The van der Waals surface area contributed by atoms with Crippen LogP contribution in [0.2, 0.25) is 0 Å². The summed E-state index contributed by atoms with van der Waals surface area (Å²) < 4.78 is 16.8. The molecule has 0 radical (unpaired) electrons. The fourth-order valence-electron chi connectivity index (χ4n) is 7.23. The van der Waals surface area contributed by atoms with Gasteiger partial charge in [0, 0.05) is 19.3 Å². The van der Waals surface area contributed by atoms with Crippen LogP contribution in [0.4, 0.5) is 0 Å². The smallest absolute Gasteiger partial charge is 0.306 e. The van der Waals surface area contributed by atoms with Gasteiger partial charge in [-0.2, -0.15) is 0 Å². The minimum absolute atomic E-state index is 0.0834. The average Bonchev–Trinajstić information content (AvgIpc) is 3.28. The zero-order chi connectivity index (χ0) is 45.8. The molecular weight excluding hydrogens is 781 g/mol. The van der Waals surface area contributed by atoms with Gasteiger partial charge in [-0.3, -0.25) is 14.4 Å². The fraction of sp³-hybridized carbons (Fsp3) is 0.737. The molecule has 0 rings (SSSR count). The third kappa shape index (κ3) is 49.7. The molecule has 0 aromatic carbocycles. The van der Waals surface area contributed by atoms with Crippen molar-refractivity contribution in [2.45, 2.75) is 258 Å². The van der Waals surface area contributed by atoms with E-state index in [1.54, 1.807) is 0 Å². The number of hydrogen-bond donors (Lipinski definition) is 0. The molecule has 0 aliphatic rings. The van der Waals surface area contributed by atoms with Crippen molar-refractivity contribution in [3.8, 4) is 0 Å². The molecule has 63 heavy (non-hydrogen) atoms. The van der Waals surface area contributed by atoms with Crippen molar-refractivity contribution in [3.05, 3.63) is 72.9 Å². The van der Waals surface area contributed by atoms with Crippen LogP contribution in [-0.4, -0.2) is 37.2 Å². The molecule has 0 aliphatic heterocycles. The lowest BCUT2D eigenvalue weighted by atomic mass is 10.0. The highest BCUT2D eigenvalue weighted by Crippen LogP contribution is 2.15. The number of carbonyl (C=O) groups excluding carboxylic acids is 3. The predicted molar refractivity (Wildman–Crippen MR) is 270 cm³/mol. The topological polar surface area (TPSA) is 78.9 Å². The highest BCUT2D eigenvalue weighted by Gasteiger charge is 2.19. The summed E-state index contributed by atoms with van der Waals surface area (Å²) in [4.78, 5) is 38.0. The molecule has 0 spiro atoms. The molecule has 0 saturated heterocycles. The zero-order valence-corrected chi connectivity index (χ0v) is 41.3. The van der Waals surface area contributed by atoms with E-state index in [9.17, 15) is 14.4 Å². The number of carbonyl (C=O) groups is 3. The van der Waals surface area contributed by atoms with Crippen molar-refractivity contribution >= 4 is 17.9 Å². The number of allylic oxidation sites excluding steroid dienone is 12. The van der Waals surface area contributed by atoms with Crippen LogP contribution in [0.25, 0.3) is 0 Å². The molecule has 0 N–H and O–H groups in total. The van der Waals surface area contributed by atoms with Gasteiger partial charge >= 0.3 is 17.9 Å². The summed E-state index contributed by atoms with van der Waals surface area (Å²) in [5.41, 5.74) is 0. The van der Waals surface area contributed by atoms with Crippen LogP contribution < -0.4 is 0 Å². The molecule has 6 nitrogen and oxygen atoms in total. The standard InChI is InChI=1S/C57H98O6/c1-4-7-10-13-16-19-22-25-26-27-28-29-30-31-32-33-36-38-41-44-47-50-56(59)62-53-54(63-57(60)51-48-45-42-39-35-24-21-18-15-12-9-6-3)52-61-55(58)49-46-43-40-37-34-23-20-17-14-11-8-5-2/h7,10,16,18-19,21,25-26,28-29,31-32,54H,4-6,8-9,11-15,17,20,22-24,27,30,33-53H2,1-3H3/b10-7-,19-16-,21-18-,26-25-,29-28-,32-31-. The van der Waals surface area contributed by atoms with Gasteiger partial charge in [-0.25, -0.2) is 0 Å². The summed E-state index contributed by atoms with van der Waals surface area (Å²) in [5.74, 6) is -0.910. The summed E-state index contributed by atoms with van der Waals surface area (Å²) in [6.07, 6.45) is 64.5. The highest BCUT2D eigenvalue weighted by atomic mass is 16.6. The largest absolute Gasteiger partial charge is 0.462 e. The van der Waals surface area contributed by atoms with E-state index in [1.165, 1.54) is 89.9 Å². The Labute approximate surface area is 389 Å². The van der Waals surface area contributed by atoms with Gasteiger partial charge in [-0.15, -0.1) is 0 Å². The Balaban J connectivity index is 4.37. The monoisotopic (exact) mass is 879 g/mol. The third-order valence-electron chi connectivity index (χ3n) is 11.2. The Morgan fingerprint density at radius 2 is 0.619 bits per heavy atom. The number of ether oxygens (including phenoxy) is 3. The maximum absolute atomic E-state index is 12.8. The van der Waals surface area contributed by atoms with Crippen LogP contribution in [-0.2, 0) is 28.6 Å². The average molecular weight is 879 g/mol. The molecular formula is C57H98O6. The second-order valence-electron chi connectivity index (χ2n) is 17.4. The number of hydrogen-bond acceptors (Lipinski definition) is 6. The lowest BCUT2D eigenvalue weighted by Crippen LogP contribution is -2.30. The van der Waals surface area contributed by atoms with Crippen molar-refractivity contribution in [1.29, 1.82) is 0 Å². The van der Waals surface area contributed by atoms with Crippen LogP contribution in [0.3, 0.4) is 0 Å². The summed E-state index contributed by atoms with van der Waals surface area (Å²) in [6.45, 7) is 6.48. The van der Waals surface area contributed by atoms with Crippen molar-refractivity contribution in [3.63, 3.8) is 0 Å². The lowest BCUT2D eigenvalue weighted by molar-refractivity contribution is -0.167. The summed E-state index contributed by atoms with van der Waals surface area (Å²) in [6, 6.07) is 0. The molecule has 0 aromatic heterocycles. The number of esters is 3. The van der Waals surface area contributed by atoms with Gasteiger partial charge in [0.05, 0.1) is 0 Å². The minimum atomic E-state index is -0.785. The quantitative estimate of drug-likeness (QED) is 0.0262. The van der Waals surface area contributed by atoms with Gasteiger partial charge in [-0.05, 0) is 89.9 Å². The van der Waals surface area contributed by atoms with E-state index in [-0.39, 0.29) is 31.1 Å². The molecule has 1 atom stereocenters. The molecule has 0 aliphatic carbocycles. The molecule has 0 amide bonds. The summed E-state index contributed by atoms with van der Waals surface area (Å²) in [5, 5.41) is 0. The van der Waals surface area contributed by atoms with E-state index < -0.39 is 6.10 Å². The molecule has 0 bridgehead atoms. The Kier molecular flexibility index (Phi) is 48.9. The number of rotatable bonds is 47. The maximum atomic E-state index is 12.8. The third-order valence-corrected chi connectivity index (χ3v) is 11.2. The van der Waals surface area contributed by atoms with Crippen molar-refractivity contribution in [1.82, 2.24) is 0 Å². The molecule has 0 saturated carbocycles. The van der Waals surface area contributed by atoms with Gasteiger partial charge < -0.3 is 14.2 Å². The van der Waals surface area contributed by atoms with Crippen LogP contribution in [0, 0.1) is 0 Å². The molecule has 6 heteroatoms. The van der Waals surface area contributed by atoms with Crippen molar-refractivity contribution in [2.24, 2.45) is 0 Å². The van der Waals surface area contributed by atoms with Gasteiger partial charge in [-0.1, -0.05) is 216 Å². The fourth-order valence-corrected chi connectivity index (χ4v) is 7.23. The number of unbranched alkanes of at least 4 members (excludes halogenated alkanes) is 24. The Bertz CT molecular complexity index is 1190. The van der Waals surface area contributed by atoms with Crippen LogP contribution in [0.5, 0.6) is 0 Å². The van der Waals surface area contributed by atoms with Crippen LogP contribution >= 0.6 is 0 Å². The summed E-state index contributed by atoms with van der Waals surface area (Å²) >= 11 is 0.